The average Bonchev–Trinajstić information content (AvgIpc) is 2.51. The largest absolute Gasteiger partial charge is 0.497 e. The van der Waals surface area contributed by atoms with Crippen LogP contribution >= 0.6 is 11.6 Å². The van der Waals surface area contributed by atoms with E-state index in [0.29, 0.717) is 0 Å². The third kappa shape index (κ3) is 6.54. The van der Waals surface area contributed by atoms with Gasteiger partial charge in [-0.2, -0.15) is 0 Å². The second-order valence-electron chi connectivity index (χ2n) is 4.49. The standard InChI is InChI=1S/C16H24ClN3O/c1-4-5-6-10-19-16(18-2)20-11-9-13-7-8-14(21-3)12-15(13)17/h4-5,7-8,12H,6,9-11H2,1-3H3,(H2,18,19,20)/b5-4+. The van der Waals surface area contributed by atoms with Gasteiger partial charge in [0, 0.05) is 25.2 Å². The van der Waals surface area contributed by atoms with E-state index in [4.69, 9.17) is 16.3 Å². The molecule has 1 aromatic rings. The minimum atomic E-state index is 0.729. The van der Waals surface area contributed by atoms with E-state index in [2.05, 4.69) is 21.7 Å². The summed E-state index contributed by atoms with van der Waals surface area (Å²) in [5, 5.41) is 7.26. The van der Waals surface area contributed by atoms with Crippen molar-refractivity contribution in [1.29, 1.82) is 0 Å². The van der Waals surface area contributed by atoms with Gasteiger partial charge in [-0.05, 0) is 37.5 Å². The molecule has 0 saturated heterocycles. The summed E-state index contributed by atoms with van der Waals surface area (Å²) in [5.41, 5.74) is 1.09. The van der Waals surface area contributed by atoms with E-state index in [1.165, 1.54) is 0 Å². The van der Waals surface area contributed by atoms with Gasteiger partial charge >= 0.3 is 0 Å². The van der Waals surface area contributed by atoms with Gasteiger partial charge in [-0.1, -0.05) is 29.8 Å². The molecular weight excluding hydrogens is 286 g/mol. The molecule has 0 spiro atoms. The van der Waals surface area contributed by atoms with Crippen molar-refractivity contribution < 1.29 is 4.74 Å². The van der Waals surface area contributed by atoms with Gasteiger partial charge in [0.15, 0.2) is 5.96 Å². The van der Waals surface area contributed by atoms with Gasteiger partial charge in [0.25, 0.3) is 0 Å². The Balaban J connectivity index is 2.37. The second-order valence-corrected chi connectivity index (χ2v) is 4.90. The van der Waals surface area contributed by atoms with Gasteiger partial charge < -0.3 is 15.4 Å². The average molecular weight is 310 g/mol. The van der Waals surface area contributed by atoms with Gasteiger partial charge in [0.05, 0.1) is 7.11 Å². The number of ether oxygens (including phenoxy) is 1. The lowest BCUT2D eigenvalue weighted by Gasteiger charge is -2.12. The normalized spacial score (nSPS) is 11.7. The van der Waals surface area contributed by atoms with Crippen molar-refractivity contribution in [3.05, 3.63) is 40.9 Å². The maximum atomic E-state index is 6.21. The van der Waals surface area contributed by atoms with Crippen LogP contribution in [0.15, 0.2) is 35.3 Å². The number of halogens is 1. The molecule has 0 aliphatic rings. The molecule has 4 nitrogen and oxygen atoms in total. The molecule has 0 heterocycles. The minimum absolute atomic E-state index is 0.729. The fourth-order valence-corrected chi connectivity index (χ4v) is 2.10. The predicted octanol–water partition coefficient (Wildman–Crippen LogP) is 3.02. The molecule has 116 valence electrons. The molecule has 1 rings (SSSR count). The van der Waals surface area contributed by atoms with Crippen LogP contribution in [0.3, 0.4) is 0 Å². The number of hydrogen-bond acceptors (Lipinski definition) is 2. The maximum absolute atomic E-state index is 6.21. The zero-order valence-corrected chi connectivity index (χ0v) is 13.7. The molecule has 0 fully saturated rings. The van der Waals surface area contributed by atoms with Crippen LogP contribution in [-0.2, 0) is 6.42 Å². The predicted molar refractivity (Wildman–Crippen MR) is 90.5 cm³/mol. The first-order valence-electron chi connectivity index (χ1n) is 7.09. The first-order chi connectivity index (χ1) is 10.2. The summed E-state index contributed by atoms with van der Waals surface area (Å²) in [6.45, 7) is 3.66. The highest BCUT2D eigenvalue weighted by atomic mass is 35.5. The Labute approximate surface area is 132 Å². The fraction of sp³-hybridized carbons (Fsp3) is 0.438. The van der Waals surface area contributed by atoms with Crippen LogP contribution in [0.25, 0.3) is 0 Å². The van der Waals surface area contributed by atoms with Crippen molar-refractivity contribution >= 4 is 17.6 Å². The third-order valence-corrected chi connectivity index (χ3v) is 3.36. The Bertz CT molecular complexity index is 486. The van der Waals surface area contributed by atoms with Crippen LogP contribution < -0.4 is 15.4 Å². The fourth-order valence-electron chi connectivity index (χ4n) is 1.83. The third-order valence-electron chi connectivity index (χ3n) is 3.01. The van der Waals surface area contributed by atoms with Crippen molar-refractivity contribution in [3.8, 4) is 5.75 Å². The van der Waals surface area contributed by atoms with Crippen LogP contribution in [0, 0.1) is 0 Å². The van der Waals surface area contributed by atoms with Crippen LogP contribution in [0.2, 0.25) is 5.02 Å². The van der Waals surface area contributed by atoms with Crippen molar-refractivity contribution in [3.63, 3.8) is 0 Å². The van der Waals surface area contributed by atoms with Gasteiger partial charge in [-0.25, -0.2) is 0 Å². The summed E-state index contributed by atoms with van der Waals surface area (Å²) in [6.07, 6.45) is 5.99. The lowest BCUT2D eigenvalue weighted by molar-refractivity contribution is 0.414. The smallest absolute Gasteiger partial charge is 0.190 e. The first-order valence-corrected chi connectivity index (χ1v) is 7.47. The summed E-state index contributed by atoms with van der Waals surface area (Å²) in [4.78, 5) is 4.18. The quantitative estimate of drug-likeness (QED) is 0.352. The summed E-state index contributed by atoms with van der Waals surface area (Å²) in [6, 6.07) is 5.75. The summed E-state index contributed by atoms with van der Waals surface area (Å²) >= 11 is 6.21. The lowest BCUT2D eigenvalue weighted by atomic mass is 10.1. The van der Waals surface area contributed by atoms with Crippen molar-refractivity contribution in [2.24, 2.45) is 4.99 Å². The number of benzene rings is 1. The molecule has 0 unspecified atom stereocenters. The summed E-state index contributed by atoms with van der Waals surface area (Å²) < 4.78 is 5.14. The number of nitrogens with zero attached hydrogens (tertiary/aromatic N) is 1. The van der Waals surface area contributed by atoms with Crippen LogP contribution in [-0.4, -0.2) is 33.2 Å². The molecule has 2 N–H and O–H groups in total. The number of nitrogens with one attached hydrogen (secondary N) is 2. The maximum Gasteiger partial charge on any atom is 0.190 e. The van der Waals surface area contributed by atoms with Gasteiger partial charge in [0.2, 0.25) is 0 Å². The van der Waals surface area contributed by atoms with Crippen LogP contribution in [0.1, 0.15) is 18.9 Å². The molecule has 0 amide bonds. The van der Waals surface area contributed by atoms with Crippen molar-refractivity contribution in [2.45, 2.75) is 19.8 Å². The topological polar surface area (TPSA) is 45.7 Å². The second kappa shape index (κ2) is 10.1. The summed E-state index contributed by atoms with van der Waals surface area (Å²) in [5.74, 6) is 1.59. The van der Waals surface area contributed by atoms with E-state index < -0.39 is 0 Å². The molecule has 0 atom stereocenters. The van der Waals surface area contributed by atoms with E-state index in [9.17, 15) is 0 Å². The number of guanidine groups is 1. The first kappa shape index (κ1) is 17.4. The van der Waals surface area contributed by atoms with Crippen LogP contribution in [0.4, 0.5) is 0 Å². The molecule has 0 aromatic heterocycles. The van der Waals surface area contributed by atoms with E-state index in [-0.39, 0.29) is 0 Å². The molecule has 0 aliphatic heterocycles. The molecule has 0 bridgehead atoms. The van der Waals surface area contributed by atoms with E-state index in [0.717, 1.165) is 48.2 Å². The highest BCUT2D eigenvalue weighted by Gasteiger charge is 2.03. The lowest BCUT2D eigenvalue weighted by Crippen LogP contribution is -2.38. The molecule has 0 aliphatic carbocycles. The van der Waals surface area contributed by atoms with E-state index in [1.54, 1.807) is 14.2 Å². The van der Waals surface area contributed by atoms with E-state index in [1.807, 2.05) is 31.2 Å². The zero-order chi connectivity index (χ0) is 15.5. The van der Waals surface area contributed by atoms with Gasteiger partial charge in [-0.15, -0.1) is 0 Å². The number of allylic oxidation sites excluding steroid dienone is 1. The number of aliphatic imine (C=N–C) groups is 1. The highest BCUT2D eigenvalue weighted by Crippen LogP contribution is 2.22. The summed E-state index contributed by atoms with van der Waals surface area (Å²) in [7, 11) is 3.40. The zero-order valence-electron chi connectivity index (χ0n) is 12.9. The van der Waals surface area contributed by atoms with Gasteiger partial charge in [0.1, 0.15) is 5.75 Å². The molecule has 1 aromatic carbocycles. The highest BCUT2D eigenvalue weighted by molar-refractivity contribution is 6.31. The Morgan fingerprint density at radius 3 is 2.71 bits per heavy atom. The Morgan fingerprint density at radius 2 is 2.10 bits per heavy atom. The molecule has 0 saturated carbocycles. The number of methoxy groups -OCH3 is 1. The Morgan fingerprint density at radius 1 is 1.33 bits per heavy atom. The number of rotatable bonds is 7. The van der Waals surface area contributed by atoms with Crippen molar-refractivity contribution in [2.75, 3.05) is 27.2 Å². The number of hydrogen-bond donors (Lipinski definition) is 2. The van der Waals surface area contributed by atoms with Gasteiger partial charge in [-0.3, -0.25) is 4.99 Å². The minimum Gasteiger partial charge on any atom is -0.497 e. The Hall–Kier alpha value is -1.68. The van der Waals surface area contributed by atoms with Crippen LogP contribution in [0.5, 0.6) is 5.75 Å². The monoisotopic (exact) mass is 309 g/mol. The molecule has 5 heteroatoms. The SMILES string of the molecule is C/C=C/CCNC(=NC)NCCc1ccc(OC)cc1Cl. The molecule has 21 heavy (non-hydrogen) atoms. The van der Waals surface area contributed by atoms with Crippen molar-refractivity contribution in [1.82, 2.24) is 10.6 Å². The molecular formula is C16H24ClN3O. The van der Waals surface area contributed by atoms with E-state index >= 15 is 0 Å². The molecule has 0 radical (unpaired) electrons. The Kier molecular flexibility index (Phi) is 8.36.